The minimum Gasteiger partial charge on any atom is -0.494 e. The summed E-state index contributed by atoms with van der Waals surface area (Å²) in [7, 11) is 1.42. The fourth-order valence-corrected chi connectivity index (χ4v) is 4.35. The number of aromatic nitrogens is 2. The van der Waals surface area contributed by atoms with E-state index in [9.17, 15) is 8.78 Å². The summed E-state index contributed by atoms with van der Waals surface area (Å²) in [6.07, 6.45) is 1.68. The molecule has 1 saturated heterocycles. The normalized spacial score (nSPS) is 14.2. The van der Waals surface area contributed by atoms with Crippen LogP contribution in [0.4, 0.5) is 20.4 Å². The molecule has 4 aromatic rings. The molecule has 1 aromatic heterocycles. The predicted molar refractivity (Wildman–Crippen MR) is 133 cm³/mol. The van der Waals surface area contributed by atoms with Gasteiger partial charge < -0.3 is 15.4 Å². The Balaban J connectivity index is 1.67. The average Bonchev–Trinajstić information content (AvgIpc) is 2.88. The Morgan fingerprint density at radius 2 is 1.63 bits per heavy atom. The van der Waals surface area contributed by atoms with Crippen molar-refractivity contribution in [1.29, 1.82) is 0 Å². The molecule has 3 aromatic carbocycles. The van der Waals surface area contributed by atoms with Crippen molar-refractivity contribution >= 4 is 22.5 Å². The molecule has 1 fully saturated rings. The second-order valence-electron chi connectivity index (χ2n) is 8.56. The topological polar surface area (TPSA) is 68.6 Å². The van der Waals surface area contributed by atoms with Crippen molar-refractivity contribution in [2.45, 2.75) is 18.9 Å². The van der Waals surface area contributed by atoms with Crippen molar-refractivity contribution in [3.8, 4) is 28.1 Å². The zero-order valence-electron chi connectivity index (χ0n) is 19.1. The first-order valence-electron chi connectivity index (χ1n) is 11.3. The van der Waals surface area contributed by atoms with Crippen LogP contribution in [-0.4, -0.2) is 36.2 Å². The molecule has 35 heavy (non-hydrogen) atoms. The second kappa shape index (κ2) is 9.28. The monoisotopic (exact) mass is 471 g/mol. The lowest BCUT2D eigenvalue weighted by molar-refractivity contribution is 0.386. The summed E-state index contributed by atoms with van der Waals surface area (Å²) in [5, 5.41) is 0.700. The zero-order valence-corrected chi connectivity index (χ0v) is 19.1. The quantitative estimate of drug-likeness (QED) is 0.385. The third-order valence-corrected chi connectivity index (χ3v) is 6.33. The lowest BCUT2D eigenvalue weighted by Crippen LogP contribution is -2.40. The molecule has 0 aliphatic carbocycles. The number of hydrogen-bond donors (Lipinski definition) is 1. The molecular formula is C27H23F2N5O. The van der Waals surface area contributed by atoms with Gasteiger partial charge in [0.2, 0.25) is 11.6 Å². The van der Waals surface area contributed by atoms with E-state index in [2.05, 4.69) is 9.74 Å². The maximum Gasteiger partial charge on any atom is 0.226 e. The minimum absolute atomic E-state index is 0.0493. The average molecular weight is 472 g/mol. The van der Waals surface area contributed by atoms with Crippen molar-refractivity contribution in [2.75, 3.05) is 25.1 Å². The molecule has 6 nitrogen and oxygen atoms in total. The van der Waals surface area contributed by atoms with Gasteiger partial charge in [-0.2, -0.15) is 0 Å². The number of hydrogen-bond acceptors (Lipinski definition) is 5. The summed E-state index contributed by atoms with van der Waals surface area (Å²) >= 11 is 0. The standard InChI is InChI=1S/C27H23F2N5O/c1-31-24-7-4-18(15-21(24)28)26-20-13-16(17-5-8-25(35-2)22(29)14-17)3-6-23(20)32-27(33-26)34-11-9-19(30)10-12-34/h3-8,13-15,19H,9-12,30H2,2H3. The van der Waals surface area contributed by atoms with Crippen LogP contribution in [0.2, 0.25) is 0 Å². The first-order valence-corrected chi connectivity index (χ1v) is 11.3. The number of anilines is 1. The van der Waals surface area contributed by atoms with Gasteiger partial charge in [0.25, 0.3) is 0 Å². The zero-order chi connectivity index (χ0) is 24.5. The summed E-state index contributed by atoms with van der Waals surface area (Å²) in [5.74, 6) is -0.350. The Labute approximate surface area is 201 Å². The fourth-order valence-electron chi connectivity index (χ4n) is 4.35. The Kier molecular flexibility index (Phi) is 6.01. The van der Waals surface area contributed by atoms with Gasteiger partial charge in [0.1, 0.15) is 5.82 Å². The first kappa shape index (κ1) is 22.7. The summed E-state index contributed by atoms with van der Waals surface area (Å²) in [6, 6.07) is 15.0. The van der Waals surface area contributed by atoms with Crippen molar-refractivity contribution in [1.82, 2.24) is 9.97 Å². The van der Waals surface area contributed by atoms with Crippen molar-refractivity contribution in [2.24, 2.45) is 5.73 Å². The number of nitrogens with two attached hydrogens (primary N) is 1. The third-order valence-electron chi connectivity index (χ3n) is 6.33. The molecule has 0 saturated carbocycles. The number of ether oxygens (including phenoxy) is 1. The molecule has 1 aliphatic rings. The Bertz CT molecular complexity index is 1460. The van der Waals surface area contributed by atoms with E-state index in [-0.39, 0.29) is 17.5 Å². The summed E-state index contributed by atoms with van der Waals surface area (Å²) < 4.78 is 34.0. The molecular weight excluding hydrogens is 448 g/mol. The summed E-state index contributed by atoms with van der Waals surface area (Å²) in [4.78, 5) is 14.9. The van der Waals surface area contributed by atoms with Crippen LogP contribution in [-0.2, 0) is 0 Å². The lowest BCUT2D eigenvalue weighted by Gasteiger charge is -2.30. The molecule has 8 heteroatoms. The van der Waals surface area contributed by atoms with Crippen LogP contribution in [0.5, 0.6) is 5.75 Å². The SMILES string of the molecule is [C-]#[N+]c1ccc(-c2nc(N3CCC(N)CC3)nc3ccc(-c4ccc(OC)c(F)c4)cc23)cc1F. The van der Waals surface area contributed by atoms with E-state index in [1.54, 1.807) is 18.2 Å². The van der Waals surface area contributed by atoms with Crippen LogP contribution < -0.4 is 15.4 Å². The Morgan fingerprint density at radius 1 is 0.943 bits per heavy atom. The van der Waals surface area contributed by atoms with Gasteiger partial charge in [-0.25, -0.2) is 23.6 Å². The van der Waals surface area contributed by atoms with Crippen LogP contribution in [0.25, 0.3) is 38.1 Å². The van der Waals surface area contributed by atoms with E-state index in [0.29, 0.717) is 33.7 Å². The number of halogens is 2. The van der Waals surface area contributed by atoms with Crippen LogP contribution in [0.15, 0.2) is 54.6 Å². The number of benzene rings is 3. The molecule has 0 amide bonds. The van der Waals surface area contributed by atoms with Crippen LogP contribution in [0.1, 0.15) is 12.8 Å². The largest absolute Gasteiger partial charge is 0.494 e. The molecule has 0 unspecified atom stereocenters. The van der Waals surface area contributed by atoms with Crippen LogP contribution in [0, 0.1) is 18.2 Å². The Morgan fingerprint density at radius 3 is 2.31 bits per heavy atom. The number of piperidine rings is 1. The highest BCUT2D eigenvalue weighted by atomic mass is 19.1. The third kappa shape index (κ3) is 4.38. The fraction of sp³-hybridized carbons (Fsp3) is 0.222. The number of fused-ring (bicyclic) bond motifs is 1. The van der Waals surface area contributed by atoms with Gasteiger partial charge >= 0.3 is 0 Å². The van der Waals surface area contributed by atoms with Crippen molar-refractivity contribution in [3.63, 3.8) is 0 Å². The highest BCUT2D eigenvalue weighted by molar-refractivity contribution is 5.96. The Hall–Kier alpha value is -4.09. The van der Waals surface area contributed by atoms with Gasteiger partial charge in [-0.05, 0) is 54.3 Å². The van der Waals surface area contributed by atoms with E-state index in [1.165, 1.54) is 25.3 Å². The molecule has 1 aliphatic heterocycles. The number of nitrogens with zero attached hydrogens (tertiary/aromatic N) is 4. The molecule has 0 bridgehead atoms. The molecule has 2 heterocycles. The number of methoxy groups -OCH3 is 1. The lowest BCUT2D eigenvalue weighted by atomic mass is 9.99. The molecule has 0 atom stereocenters. The van der Waals surface area contributed by atoms with Gasteiger partial charge in [0.15, 0.2) is 11.6 Å². The molecule has 5 rings (SSSR count). The molecule has 176 valence electrons. The molecule has 0 spiro atoms. The summed E-state index contributed by atoms with van der Waals surface area (Å²) in [5.41, 5.74) is 9.22. The highest BCUT2D eigenvalue weighted by Crippen LogP contribution is 2.35. The molecule has 2 N–H and O–H groups in total. The summed E-state index contributed by atoms with van der Waals surface area (Å²) in [6.45, 7) is 8.62. The maximum absolute atomic E-state index is 14.6. The van der Waals surface area contributed by atoms with Crippen LogP contribution in [0.3, 0.4) is 0 Å². The number of rotatable bonds is 4. The van der Waals surface area contributed by atoms with E-state index in [4.69, 9.17) is 27.0 Å². The van der Waals surface area contributed by atoms with Crippen molar-refractivity contribution in [3.05, 3.63) is 77.6 Å². The minimum atomic E-state index is -0.608. The smallest absolute Gasteiger partial charge is 0.226 e. The van der Waals surface area contributed by atoms with Gasteiger partial charge in [-0.3, -0.25) is 0 Å². The maximum atomic E-state index is 14.6. The van der Waals surface area contributed by atoms with Crippen molar-refractivity contribution < 1.29 is 13.5 Å². The second-order valence-corrected chi connectivity index (χ2v) is 8.56. The van der Waals surface area contributed by atoms with E-state index >= 15 is 0 Å². The molecule has 0 radical (unpaired) electrons. The van der Waals surface area contributed by atoms with E-state index < -0.39 is 11.6 Å². The van der Waals surface area contributed by atoms with Gasteiger partial charge in [0, 0.05) is 30.1 Å². The van der Waals surface area contributed by atoms with Gasteiger partial charge in [0.05, 0.1) is 24.9 Å². The van der Waals surface area contributed by atoms with E-state index in [0.717, 1.165) is 31.5 Å². The first-order chi connectivity index (χ1) is 17.0. The van der Waals surface area contributed by atoms with Gasteiger partial charge in [-0.15, -0.1) is 0 Å². The predicted octanol–water partition coefficient (Wildman–Crippen LogP) is 5.73. The van der Waals surface area contributed by atoms with Gasteiger partial charge in [-0.1, -0.05) is 24.3 Å². The van der Waals surface area contributed by atoms with Crippen LogP contribution >= 0.6 is 0 Å². The van der Waals surface area contributed by atoms with E-state index in [1.807, 2.05) is 18.2 Å². The highest BCUT2D eigenvalue weighted by Gasteiger charge is 2.21.